The standard InChI is InChI=1S/C20H23N5O/c1-12(2)9-24-11-21-18-16(20(24)26)17-19(25(18)10-13(3)4)23-15-8-6-5-7-14(15)22-17/h5-8,11-13H,9-10H2,1-4H3. The van der Waals surface area contributed by atoms with Crippen LogP contribution in [0, 0.1) is 11.8 Å². The first-order valence-corrected chi connectivity index (χ1v) is 9.10. The van der Waals surface area contributed by atoms with Gasteiger partial charge >= 0.3 is 0 Å². The van der Waals surface area contributed by atoms with E-state index in [-0.39, 0.29) is 5.56 Å². The highest BCUT2D eigenvalue weighted by molar-refractivity contribution is 6.04. The molecule has 6 heteroatoms. The molecule has 0 radical (unpaired) electrons. The number of nitrogens with zero attached hydrogens (tertiary/aromatic N) is 5. The van der Waals surface area contributed by atoms with Gasteiger partial charge in [-0.3, -0.25) is 9.36 Å². The molecule has 0 aliphatic carbocycles. The molecule has 4 aromatic rings. The highest BCUT2D eigenvalue weighted by Gasteiger charge is 2.20. The molecule has 6 nitrogen and oxygen atoms in total. The topological polar surface area (TPSA) is 65.6 Å². The SMILES string of the molecule is CC(C)Cn1cnc2c(c1=O)c1nc3ccccc3nc1n2CC(C)C. The van der Waals surface area contributed by atoms with E-state index >= 15 is 0 Å². The van der Waals surface area contributed by atoms with E-state index in [1.165, 1.54) is 0 Å². The quantitative estimate of drug-likeness (QED) is 0.564. The van der Waals surface area contributed by atoms with Gasteiger partial charge in [0.15, 0.2) is 11.3 Å². The smallest absolute Gasteiger partial charge is 0.265 e. The molecule has 0 N–H and O–H groups in total. The second-order valence-electron chi connectivity index (χ2n) is 7.68. The molecule has 0 saturated heterocycles. The van der Waals surface area contributed by atoms with Gasteiger partial charge in [0.25, 0.3) is 5.56 Å². The van der Waals surface area contributed by atoms with Crippen molar-refractivity contribution in [2.75, 3.05) is 0 Å². The largest absolute Gasteiger partial charge is 0.308 e. The van der Waals surface area contributed by atoms with Gasteiger partial charge in [-0.05, 0) is 24.0 Å². The third-order valence-electron chi connectivity index (χ3n) is 4.43. The normalized spacial score (nSPS) is 12.2. The molecule has 26 heavy (non-hydrogen) atoms. The molecular weight excluding hydrogens is 326 g/mol. The number of hydrogen-bond acceptors (Lipinski definition) is 4. The predicted octanol–water partition coefficient (Wildman–Crippen LogP) is 3.61. The van der Waals surface area contributed by atoms with Crippen molar-refractivity contribution in [1.29, 1.82) is 0 Å². The number of aromatic nitrogens is 5. The molecule has 0 amide bonds. The van der Waals surface area contributed by atoms with Crippen LogP contribution in [0.25, 0.3) is 33.2 Å². The maximum Gasteiger partial charge on any atom is 0.265 e. The lowest BCUT2D eigenvalue weighted by molar-refractivity contribution is 0.506. The third kappa shape index (κ3) is 2.66. The zero-order valence-corrected chi connectivity index (χ0v) is 15.6. The summed E-state index contributed by atoms with van der Waals surface area (Å²) in [6.45, 7) is 9.85. The number of benzene rings is 1. The second-order valence-corrected chi connectivity index (χ2v) is 7.68. The number of fused-ring (bicyclic) bond motifs is 4. The Morgan fingerprint density at radius 2 is 1.58 bits per heavy atom. The second kappa shape index (κ2) is 6.20. The molecule has 4 rings (SSSR count). The summed E-state index contributed by atoms with van der Waals surface area (Å²) >= 11 is 0. The Kier molecular flexibility index (Phi) is 3.98. The van der Waals surface area contributed by atoms with E-state index in [9.17, 15) is 4.79 Å². The molecule has 0 unspecified atom stereocenters. The fraction of sp³-hybridized carbons (Fsp3) is 0.400. The molecule has 3 aromatic heterocycles. The average molecular weight is 349 g/mol. The third-order valence-corrected chi connectivity index (χ3v) is 4.43. The van der Waals surface area contributed by atoms with Crippen molar-refractivity contribution in [1.82, 2.24) is 24.1 Å². The summed E-state index contributed by atoms with van der Waals surface area (Å²) < 4.78 is 3.72. The van der Waals surface area contributed by atoms with E-state index in [0.29, 0.717) is 34.9 Å². The van der Waals surface area contributed by atoms with Crippen LogP contribution in [0.2, 0.25) is 0 Å². The van der Waals surface area contributed by atoms with Crippen LogP contribution >= 0.6 is 0 Å². The van der Waals surface area contributed by atoms with Gasteiger partial charge in [0.2, 0.25) is 0 Å². The van der Waals surface area contributed by atoms with Crippen LogP contribution in [-0.2, 0) is 13.1 Å². The predicted molar refractivity (Wildman–Crippen MR) is 104 cm³/mol. The van der Waals surface area contributed by atoms with Gasteiger partial charge in [-0.2, -0.15) is 0 Å². The summed E-state index contributed by atoms with van der Waals surface area (Å²) in [6, 6.07) is 7.76. The average Bonchev–Trinajstić information content (AvgIpc) is 2.88. The van der Waals surface area contributed by atoms with Gasteiger partial charge in [-0.15, -0.1) is 0 Å². The molecular formula is C20H23N5O. The lowest BCUT2D eigenvalue weighted by Crippen LogP contribution is -2.23. The number of para-hydroxylation sites is 2. The Labute approximate surface area is 151 Å². The van der Waals surface area contributed by atoms with Crippen LogP contribution in [0.15, 0.2) is 35.4 Å². The van der Waals surface area contributed by atoms with Crippen LogP contribution in [0.5, 0.6) is 0 Å². The van der Waals surface area contributed by atoms with Gasteiger partial charge in [0.05, 0.1) is 17.4 Å². The van der Waals surface area contributed by atoms with Crippen LogP contribution in [-0.4, -0.2) is 24.1 Å². The van der Waals surface area contributed by atoms with E-state index in [2.05, 4.69) is 32.7 Å². The molecule has 1 aromatic carbocycles. The molecule has 0 atom stereocenters. The summed E-state index contributed by atoms with van der Waals surface area (Å²) in [6.07, 6.45) is 1.65. The molecule has 0 saturated carbocycles. The van der Waals surface area contributed by atoms with Gasteiger partial charge in [0, 0.05) is 13.1 Å². The zero-order chi connectivity index (χ0) is 18.4. The highest BCUT2D eigenvalue weighted by Crippen LogP contribution is 2.25. The lowest BCUT2D eigenvalue weighted by Gasteiger charge is -2.10. The van der Waals surface area contributed by atoms with Gasteiger partial charge < -0.3 is 4.57 Å². The first-order valence-electron chi connectivity index (χ1n) is 9.10. The van der Waals surface area contributed by atoms with Crippen molar-refractivity contribution in [2.24, 2.45) is 11.8 Å². The Balaban J connectivity index is 2.13. The molecule has 3 heterocycles. The first kappa shape index (κ1) is 16.7. The Morgan fingerprint density at radius 1 is 0.923 bits per heavy atom. The minimum absolute atomic E-state index is 0.0409. The molecule has 0 fully saturated rings. The van der Waals surface area contributed by atoms with Crippen molar-refractivity contribution < 1.29 is 0 Å². The van der Waals surface area contributed by atoms with Crippen molar-refractivity contribution in [3.05, 3.63) is 40.9 Å². The molecule has 134 valence electrons. The van der Waals surface area contributed by atoms with E-state index < -0.39 is 0 Å². The Hall–Kier alpha value is -2.76. The fourth-order valence-electron chi connectivity index (χ4n) is 3.40. The Bertz CT molecular complexity index is 1170. The molecule has 0 bridgehead atoms. The van der Waals surface area contributed by atoms with E-state index in [1.807, 2.05) is 28.8 Å². The summed E-state index contributed by atoms with van der Waals surface area (Å²) in [5.41, 5.74) is 3.64. The lowest BCUT2D eigenvalue weighted by atomic mass is 10.2. The minimum atomic E-state index is -0.0409. The van der Waals surface area contributed by atoms with E-state index in [1.54, 1.807) is 10.9 Å². The monoisotopic (exact) mass is 349 g/mol. The number of rotatable bonds is 4. The minimum Gasteiger partial charge on any atom is -0.308 e. The van der Waals surface area contributed by atoms with Crippen molar-refractivity contribution in [3.63, 3.8) is 0 Å². The number of hydrogen-bond donors (Lipinski definition) is 0. The summed E-state index contributed by atoms with van der Waals surface area (Å²) in [5.74, 6) is 0.768. The summed E-state index contributed by atoms with van der Waals surface area (Å²) in [7, 11) is 0. The van der Waals surface area contributed by atoms with Crippen molar-refractivity contribution in [3.8, 4) is 0 Å². The molecule has 0 spiro atoms. The molecule has 0 aliphatic rings. The van der Waals surface area contributed by atoms with Gasteiger partial charge in [-0.1, -0.05) is 39.8 Å². The Morgan fingerprint density at radius 3 is 2.23 bits per heavy atom. The summed E-state index contributed by atoms with van der Waals surface area (Å²) in [5, 5.41) is 0.571. The maximum absolute atomic E-state index is 13.2. The van der Waals surface area contributed by atoms with Crippen molar-refractivity contribution >= 4 is 33.2 Å². The van der Waals surface area contributed by atoms with Gasteiger partial charge in [-0.25, -0.2) is 15.0 Å². The molecule has 0 aliphatic heterocycles. The van der Waals surface area contributed by atoms with Crippen LogP contribution in [0.3, 0.4) is 0 Å². The highest BCUT2D eigenvalue weighted by atomic mass is 16.1. The van der Waals surface area contributed by atoms with E-state index in [0.717, 1.165) is 23.2 Å². The van der Waals surface area contributed by atoms with Crippen molar-refractivity contribution in [2.45, 2.75) is 40.8 Å². The van der Waals surface area contributed by atoms with Crippen LogP contribution in [0.4, 0.5) is 0 Å². The van der Waals surface area contributed by atoms with Crippen LogP contribution < -0.4 is 5.56 Å². The van der Waals surface area contributed by atoms with Gasteiger partial charge in [0.1, 0.15) is 10.9 Å². The zero-order valence-electron chi connectivity index (χ0n) is 15.6. The maximum atomic E-state index is 13.2. The van der Waals surface area contributed by atoms with E-state index in [4.69, 9.17) is 9.97 Å². The first-order chi connectivity index (χ1) is 12.5. The fourth-order valence-corrected chi connectivity index (χ4v) is 3.40. The van der Waals surface area contributed by atoms with Crippen LogP contribution in [0.1, 0.15) is 27.7 Å². The summed E-state index contributed by atoms with van der Waals surface area (Å²) in [4.78, 5) is 27.4.